The lowest BCUT2D eigenvalue weighted by Gasteiger charge is -2.12. The van der Waals surface area contributed by atoms with Crippen molar-refractivity contribution in [2.75, 3.05) is 26.9 Å². The van der Waals surface area contributed by atoms with Crippen molar-refractivity contribution in [1.82, 2.24) is 5.32 Å². The first-order valence-electron chi connectivity index (χ1n) is 8.28. The van der Waals surface area contributed by atoms with Crippen LogP contribution < -0.4 is 10.1 Å². The molecule has 3 nitrogen and oxygen atoms in total. The molecule has 0 saturated carbocycles. The Morgan fingerprint density at radius 2 is 1.76 bits per heavy atom. The fourth-order valence-corrected chi connectivity index (χ4v) is 2.24. The summed E-state index contributed by atoms with van der Waals surface area (Å²) in [7, 11) is 1.74. The van der Waals surface area contributed by atoms with E-state index in [1.807, 2.05) is 6.07 Å². The minimum atomic E-state index is 0.808. The fraction of sp³-hybridized carbons (Fsp3) is 0.667. The van der Waals surface area contributed by atoms with Crippen LogP contribution in [0.2, 0.25) is 0 Å². The normalized spacial score (nSPS) is 10.8. The second kappa shape index (κ2) is 12.7. The Bertz CT molecular complexity index is 355. The van der Waals surface area contributed by atoms with Crippen LogP contribution in [0, 0.1) is 0 Å². The fourth-order valence-electron chi connectivity index (χ4n) is 2.24. The van der Waals surface area contributed by atoms with Gasteiger partial charge in [-0.1, -0.05) is 50.8 Å². The standard InChI is InChI=1S/C18H31NO2/c1-3-4-5-6-9-15-21-18-12-8-7-11-17(18)16-19-13-10-14-20-2/h7-8,11-12,19H,3-6,9-10,13-16H2,1-2H3. The SMILES string of the molecule is CCCCCCCOc1ccccc1CNCCCOC. The van der Waals surface area contributed by atoms with Gasteiger partial charge in [0.15, 0.2) is 0 Å². The van der Waals surface area contributed by atoms with Gasteiger partial charge < -0.3 is 14.8 Å². The average Bonchev–Trinajstić information content (AvgIpc) is 2.52. The third-order valence-electron chi connectivity index (χ3n) is 3.50. The van der Waals surface area contributed by atoms with Crippen LogP contribution in [0.4, 0.5) is 0 Å². The Kier molecular flexibility index (Phi) is 10.8. The molecule has 0 aliphatic heterocycles. The summed E-state index contributed by atoms with van der Waals surface area (Å²) in [5, 5.41) is 3.44. The van der Waals surface area contributed by atoms with Crippen molar-refractivity contribution in [3.63, 3.8) is 0 Å². The molecule has 1 rings (SSSR count). The van der Waals surface area contributed by atoms with E-state index in [-0.39, 0.29) is 0 Å². The molecule has 1 N–H and O–H groups in total. The lowest BCUT2D eigenvalue weighted by atomic mass is 10.1. The molecule has 1 aromatic rings. The predicted octanol–water partition coefficient (Wildman–Crippen LogP) is 4.16. The van der Waals surface area contributed by atoms with Gasteiger partial charge in [-0.25, -0.2) is 0 Å². The van der Waals surface area contributed by atoms with Crippen molar-refractivity contribution >= 4 is 0 Å². The molecule has 0 atom stereocenters. The molecule has 3 heteroatoms. The monoisotopic (exact) mass is 293 g/mol. The molecule has 0 aliphatic rings. The van der Waals surface area contributed by atoms with Crippen molar-refractivity contribution in [2.45, 2.75) is 52.0 Å². The van der Waals surface area contributed by atoms with Gasteiger partial charge >= 0.3 is 0 Å². The van der Waals surface area contributed by atoms with E-state index in [1.165, 1.54) is 31.2 Å². The van der Waals surface area contributed by atoms with Crippen LogP contribution in [0.5, 0.6) is 5.75 Å². The molecule has 21 heavy (non-hydrogen) atoms. The topological polar surface area (TPSA) is 30.5 Å². The van der Waals surface area contributed by atoms with Crippen molar-refractivity contribution in [3.05, 3.63) is 29.8 Å². The number of methoxy groups -OCH3 is 1. The van der Waals surface area contributed by atoms with Gasteiger partial charge in [0.05, 0.1) is 6.61 Å². The molecule has 1 aromatic carbocycles. The third kappa shape index (κ3) is 8.74. The van der Waals surface area contributed by atoms with Gasteiger partial charge in [0.1, 0.15) is 5.75 Å². The first-order valence-corrected chi connectivity index (χ1v) is 8.28. The molecule has 0 amide bonds. The first-order chi connectivity index (χ1) is 10.4. The summed E-state index contributed by atoms with van der Waals surface area (Å²) in [4.78, 5) is 0. The van der Waals surface area contributed by atoms with Crippen LogP contribution >= 0.6 is 0 Å². The zero-order valence-corrected chi connectivity index (χ0v) is 13.7. The Morgan fingerprint density at radius 3 is 2.57 bits per heavy atom. The number of ether oxygens (including phenoxy) is 2. The molecule has 0 bridgehead atoms. The van der Waals surface area contributed by atoms with Crippen LogP contribution in [-0.2, 0) is 11.3 Å². The summed E-state index contributed by atoms with van der Waals surface area (Å²) in [5.74, 6) is 1.02. The minimum absolute atomic E-state index is 0.808. The maximum Gasteiger partial charge on any atom is 0.123 e. The lowest BCUT2D eigenvalue weighted by molar-refractivity contribution is 0.194. The Balaban J connectivity index is 2.23. The minimum Gasteiger partial charge on any atom is -0.493 e. The van der Waals surface area contributed by atoms with Gasteiger partial charge in [-0.05, 0) is 25.5 Å². The maximum atomic E-state index is 5.93. The molecule has 120 valence electrons. The van der Waals surface area contributed by atoms with Crippen molar-refractivity contribution in [2.24, 2.45) is 0 Å². The smallest absolute Gasteiger partial charge is 0.123 e. The molecule has 0 unspecified atom stereocenters. The zero-order valence-electron chi connectivity index (χ0n) is 13.7. The summed E-state index contributed by atoms with van der Waals surface area (Å²) in [6.07, 6.45) is 7.40. The van der Waals surface area contributed by atoms with Gasteiger partial charge in [-0.2, -0.15) is 0 Å². The Morgan fingerprint density at radius 1 is 0.952 bits per heavy atom. The van der Waals surface area contributed by atoms with Crippen LogP contribution in [-0.4, -0.2) is 26.9 Å². The number of hydrogen-bond acceptors (Lipinski definition) is 3. The van der Waals surface area contributed by atoms with E-state index in [0.717, 1.165) is 44.9 Å². The summed E-state index contributed by atoms with van der Waals surface area (Å²) in [6.45, 7) is 5.70. The first kappa shape index (κ1) is 18.0. The Hall–Kier alpha value is -1.06. The molecular weight excluding hydrogens is 262 g/mol. The highest BCUT2D eigenvalue weighted by Crippen LogP contribution is 2.18. The van der Waals surface area contributed by atoms with Crippen molar-refractivity contribution < 1.29 is 9.47 Å². The van der Waals surface area contributed by atoms with E-state index in [2.05, 4.69) is 30.4 Å². The second-order valence-corrected chi connectivity index (χ2v) is 5.39. The highest BCUT2D eigenvalue weighted by atomic mass is 16.5. The number of rotatable bonds is 13. The average molecular weight is 293 g/mol. The van der Waals surface area contributed by atoms with Gasteiger partial charge in [0, 0.05) is 25.8 Å². The highest BCUT2D eigenvalue weighted by molar-refractivity contribution is 5.33. The molecule has 0 aromatic heterocycles. The van der Waals surface area contributed by atoms with Crippen molar-refractivity contribution in [1.29, 1.82) is 0 Å². The number of unbranched alkanes of at least 4 members (excludes halogenated alkanes) is 4. The molecule has 0 saturated heterocycles. The van der Waals surface area contributed by atoms with Crippen LogP contribution in [0.25, 0.3) is 0 Å². The molecule has 0 fully saturated rings. The molecule has 0 aliphatic carbocycles. The number of hydrogen-bond donors (Lipinski definition) is 1. The molecule has 0 heterocycles. The summed E-state index contributed by atoms with van der Waals surface area (Å²) >= 11 is 0. The Labute approximate surface area is 130 Å². The summed E-state index contributed by atoms with van der Waals surface area (Å²) in [6, 6.07) is 8.31. The molecule has 0 spiro atoms. The number of benzene rings is 1. The van der Waals surface area contributed by atoms with Gasteiger partial charge in [-0.3, -0.25) is 0 Å². The van der Waals surface area contributed by atoms with E-state index >= 15 is 0 Å². The summed E-state index contributed by atoms with van der Waals surface area (Å²) < 4.78 is 11.0. The van der Waals surface area contributed by atoms with Crippen LogP contribution in [0.15, 0.2) is 24.3 Å². The van der Waals surface area contributed by atoms with E-state index in [4.69, 9.17) is 9.47 Å². The largest absolute Gasteiger partial charge is 0.493 e. The van der Waals surface area contributed by atoms with Gasteiger partial charge in [0.25, 0.3) is 0 Å². The molecular formula is C18H31NO2. The third-order valence-corrected chi connectivity index (χ3v) is 3.50. The van der Waals surface area contributed by atoms with Crippen LogP contribution in [0.3, 0.4) is 0 Å². The van der Waals surface area contributed by atoms with E-state index in [1.54, 1.807) is 7.11 Å². The predicted molar refractivity (Wildman–Crippen MR) is 88.9 cm³/mol. The van der Waals surface area contributed by atoms with E-state index in [0.29, 0.717) is 0 Å². The quantitative estimate of drug-likeness (QED) is 0.554. The number of nitrogens with one attached hydrogen (secondary N) is 1. The summed E-state index contributed by atoms with van der Waals surface area (Å²) in [5.41, 5.74) is 1.24. The highest BCUT2D eigenvalue weighted by Gasteiger charge is 2.02. The number of para-hydroxylation sites is 1. The van der Waals surface area contributed by atoms with Crippen LogP contribution in [0.1, 0.15) is 51.0 Å². The van der Waals surface area contributed by atoms with E-state index < -0.39 is 0 Å². The molecule has 0 radical (unpaired) electrons. The van der Waals surface area contributed by atoms with E-state index in [9.17, 15) is 0 Å². The van der Waals surface area contributed by atoms with Gasteiger partial charge in [0.2, 0.25) is 0 Å². The second-order valence-electron chi connectivity index (χ2n) is 5.39. The zero-order chi connectivity index (χ0) is 15.2. The van der Waals surface area contributed by atoms with Gasteiger partial charge in [-0.15, -0.1) is 0 Å². The maximum absolute atomic E-state index is 5.93. The van der Waals surface area contributed by atoms with Crippen molar-refractivity contribution in [3.8, 4) is 5.75 Å². The lowest BCUT2D eigenvalue weighted by Crippen LogP contribution is -2.16.